The minimum atomic E-state index is -1.33. The topological polar surface area (TPSA) is 110 Å². The number of rotatable bonds is 5. The van der Waals surface area contributed by atoms with E-state index in [2.05, 4.69) is 25.1 Å². The highest BCUT2D eigenvalue weighted by molar-refractivity contribution is 7.91. The molecule has 1 aromatic carbocycles. The molecule has 3 aromatic rings. The molecule has 4 fully saturated rings. The van der Waals surface area contributed by atoms with E-state index in [4.69, 9.17) is 9.72 Å². The lowest BCUT2D eigenvalue weighted by Gasteiger charge is -2.34. The van der Waals surface area contributed by atoms with Gasteiger partial charge in [0.1, 0.15) is 41.3 Å². The molecule has 4 saturated heterocycles. The number of benzene rings is 1. The Hall–Kier alpha value is -2.80. The van der Waals surface area contributed by atoms with Crippen LogP contribution in [0.1, 0.15) is 44.1 Å². The summed E-state index contributed by atoms with van der Waals surface area (Å²) >= 11 is -1.33. The van der Waals surface area contributed by atoms with Gasteiger partial charge in [0.25, 0.3) is 0 Å². The Morgan fingerprint density at radius 2 is 2.00 bits per heavy atom. The predicted molar refractivity (Wildman–Crippen MR) is 155 cm³/mol. The highest BCUT2D eigenvalue weighted by atomic mass is 32.2. The number of phenolic OH excluding ortho intramolecular Hbond substituents is 1. The van der Waals surface area contributed by atoms with Crippen molar-refractivity contribution >= 4 is 27.9 Å². The van der Waals surface area contributed by atoms with Crippen LogP contribution in [0, 0.1) is 5.82 Å². The van der Waals surface area contributed by atoms with E-state index in [0.29, 0.717) is 58.9 Å². The van der Waals surface area contributed by atoms with Crippen molar-refractivity contribution in [3.8, 4) is 23.0 Å². The number of phenols is 1. The number of pyridine rings is 1. The van der Waals surface area contributed by atoms with Gasteiger partial charge in [-0.25, -0.2) is 8.78 Å². The van der Waals surface area contributed by atoms with Gasteiger partial charge in [-0.1, -0.05) is 0 Å². The third-order valence-electron chi connectivity index (χ3n) is 9.80. The van der Waals surface area contributed by atoms with Gasteiger partial charge in [-0.15, -0.1) is 0 Å². The van der Waals surface area contributed by atoms with Crippen molar-refractivity contribution in [3.05, 3.63) is 29.7 Å². The standard InChI is InChI=1S/C30H34F2N6O3S/c31-18-11-30(6-2-7-38(30)13-18)16-41-29-35-26-23(28(36-29)37-14-19-4-5-20(15-37)34-19)12-33-25(24(26)32)22-10-21(39)9-17-3-1-8-42(40)27(17)22/h9-10,12,18-20,34,39H,1-8,11,13-16H2/t18-,19-,20+,30+,42?/m1/s1. The molecular formula is C30H34F2N6O3S. The first-order chi connectivity index (χ1) is 20.4. The van der Waals surface area contributed by atoms with Crippen LogP contribution < -0.4 is 15.0 Å². The summed E-state index contributed by atoms with van der Waals surface area (Å²) < 4.78 is 50.3. The molecule has 0 aliphatic carbocycles. The van der Waals surface area contributed by atoms with Crippen LogP contribution in [0.15, 0.2) is 23.2 Å². The van der Waals surface area contributed by atoms with Crippen LogP contribution in [0.25, 0.3) is 22.2 Å². The van der Waals surface area contributed by atoms with Crippen molar-refractivity contribution in [2.75, 3.05) is 43.4 Å². The molecule has 2 aromatic heterocycles. The molecule has 222 valence electrons. The first kappa shape index (κ1) is 26.8. The number of hydrogen-bond donors (Lipinski definition) is 2. The molecular weight excluding hydrogens is 562 g/mol. The molecule has 5 aliphatic rings. The van der Waals surface area contributed by atoms with Crippen LogP contribution in [-0.2, 0) is 17.6 Å². The number of anilines is 1. The summed E-state index contributed by atoms with van der Waals surface area (Å²) in [6, 6.07) is 3.76. The van der Waals surface area contributed by atoms with Gasteiger partial charge in [-0.3, -0.25) is 9.88 Å². The van der Waals surface area contributed by atoms with Gasteiger partial charge in [0, 0.05) is 49.9 Å². The Labute approximate surface area is 245 Å². The summed E-state index contributed by atoms with van der Waals surface area (Å²) in [5, 5.41) is 14.6. The Morgan fingerprint density at radius 3 is 2.83 bits per heavy atom. The van der Waals surface area contributed by atoms with E-state index in [0.717, 1.165) is 57.3 Å². The fourth-order valence-corrected chi connectivity index (χ4v) is 9.40. The van der Waals surface area contributed by atoms with Gasteiger partial charge in [-0.2, -0.15) is 9.97 Å². The maximum Gasteiger partial charge on any atom is 0.319 e. The normalized spacial score (nSPS) is 30.6. The fraction of sp³-hybridized carbons (Fsp3) is 0.567. The van der Waals surface area contributed by atoms with Gasteiger partial charge in [0.15, 0.2) is 10.7 Å². The number of fused-ring (bicyclic) bond motifs is 5. The Kier molecular flexibility index (Phi) is 6.47. The zero-order valence-corrected chi connectivity index (χ0v) is 24.1. The molecule has 1 unspecified atom stereocenters. The molecule has 42 heavy (non-hydrogen) atoms. The highest BCUT2D eigenvalue weighted by Gasteiger charge is 2.49. The van der Waals surface area contributed by atoms with Crippen LogP contribution >= 0.6 is 0 Å². The van der Waals surface area contributed by atoms with Gasteiger partial charge in [-0.05, 0) is 68.4 Å². The van der Waals surface area contributed by atoms with E-state index in [9.17, 15) is 14.0 Å². The number of aromatic hydroxyl groups is 1. The van der Waals surface area contributed by atoms with E-state index in [1.165, 1.54) is 6.07 Å². The van der Waals surface area contributed by atoms with E-state index in [1.807, 2.05) is 0 Å². The van der Waals surface area contributed by atoms with Gasteiger partial charge in [0.2, 0.25) is 0 Å². The summed E-state index contributed by atoms with van der Waals surface area (Å²) in [7, 11) is 0. The summed E-state index contributed by atoms with van der Waals surface area (Å²) in [6.07, 6.45) is 6.49. The molecule has 0 radical (unpaired) electrons. The number of aryl methyl sites for hydroxylation is 1. The lowest BCUT2D eigenvalue weighted by molar-refractivity contribution is 0.107. The molecule has 2 N–H and O–H groups in total. The number of ether oxygens (including phenoxy) is 1. The van der Waals surface area contributed by atoms with E-state index in [-0.39, 0.29) is 29.6 Å². The zero-order chi connectivity index (χ0) is 28.6. The number of nitrogens with zero attached hydrogens (tertiary/aromatic N) is 5. The molecule has 0 saturated carbocycles. The second-order valence-electron chi connectivity index (χ2n) is 12.6. The number of aromatic nitrogens is 3. The second kappa shape index (κ2) is 10.1. The average Bonchev–Trinajstić information content (AvgIpc) is 3.61. The van der Waals surface area contributed by atoms with Crippen molar-refractivity contribution in [2.45, 2.75) is 73.6 Å². The maximum atomic E-state index is 16.6. The van der Waals surface area contributed by atoms with Gasteiger partial charge >= 0.3 is 6.01 Å². The number of piperazine rings is 1. The van der Waals surface area contributed by atoms with Crippen molar-refractivity contribution in [3.63, 3.8) is 0 Å². The molecule has 8 rings (SSSR count). The molecule has 9 nitrogen and oxygen atoms in total. The number of halogens is 2. The minimum absolute atomic E-state index is 0.00231. The van der Waals surface area contributed by atoms with Crippen LogP contribution in [0.4, 0.5) is 14.6 Å². The van der Waals surface area contributed by atoms with Crippen LogP contribution in [0.5, 0.6) is 11.8 Å². The third kappa shape index (κ3) is 4.40. The largest absolute Gasteiger partial charge is 0.611 e. The Bertz CT molecular complexity index is 1550. The predicted octanol–water partition coefficient (Wildman–Crippen LogP) is 3.49. The lowest BCUT2D eigenvalue weighted by atomic mass is 9.95. The summed E-state index contributed by atoms with van der Waals surface area (Å²) in [6.45, 7) is 2.95. The van der Waals surface area contributed by atoms with E-state index in [1.54, 1.807) is 12.3 Å². The molecule has 5 aliphatic heterocycles. The fourth-order valence-electron chi connectivity index (χ4n) is 7.93. The molecule has 5 atom stereocenters. The summed E-state index contributed by atoms with van der Waals surface area (Å²) in [5.74, 6) is 0.368. The van der Waals surface area contributed by atoms with Crippen molar-refractivity contribution in [2.24, 2.45) is 0 Å². The maximum absolute atomic E-state index is 16.6. The monoisotopic (exact) mass is 596 g/mol. The molecule has 2 bridgehead atoms. The molecule has 12 heteroatoms. The van der Waals surface area contributed by atoms with Crippen LogP contribution in [-0.4, -0.2) is 91.8 Å². The Balaban J connectivity index is 1.24. The number of hydrogen-bond acceptors (Lipinski definition) is 9. The first-order valence-electron chi connectivity index (χ1n) is 15.0. The number of alkyl halides is 1. The van der Waals surface area contributed by atoms with Crippen LogP contribution in [0.3, 0.4) is 0 Å². The second-order valence-corrected chi connectivity index (χ2v) is 14.1. The first-order valence-corrected chi connectivity index (χ1v) is 16.3. The molecule has 0 spiro atoms. The smallest absolute Gasteiger partial charge is 0.319 e. The third-order valence-corrected chi connectivity index (χ3v) is 11.4. The minimum Gasteiger partial charge on any atom is -0.611 e. The van der Waals surface area contributed by atoms with Crippen molar-refractivity contribution in [1.29, 1.82) is 0 Å². The lowest BCUT2D eigenvalue weighted by Crippen LogP contribution is -2.51. The quantitative estimate of drug-likeness (QED) is 0.428. The molecule has 7 heterocycles. The van der Waals surface area contributed by atoms with E-state index < -0.39 is 28.7 Å². The Morgan fingerprint density at radius 1 is 1.17 bits per heavy atom. The average molecular weight is 597 g/mol. The molecule has 0 amide bonds. The zero-order valence-electron chi connectivity index (χ0n) is 23.3. The number of nitrogens with one attached hydrogen (secondary N) is 1. The van der Waals surface area contributed by atoms with Crippen molar-refractivity contribution < 1.29 is 23.2 Å². The van der Waals surface area contributed by atoms with E-state index >= 15 is 4.39 Å². The summed E-state index contributed by atoms with van der Waals surface area (Å²) in [5.41, 5.74) is 0.754. The summed E-state index contributed by atoms with van der Waals surface area (Å²) in [4.78, 5) is 18.8. The van der Waals surface area contributed by atoms with Crippen molar-refractivity contribution in [1.82, 2.24) is 25.2 Å². The van der Waals surface area contributed by atoms with Gasteiger partial charge < -0.3 is 24.6 Å². The van der Waals surface area contributed by atoms with Gasteiger partial charge in [0.05, 0.1) is 16.5 Å². The SMILES string of the molecule is [O-][S+]1CCCc2cc(O)cc(-c3ncc4c(N5C[C@H]6CC[C@@H](C5)N6)nc(OC[C@@]56CCCN5C[C@H](F)C6)nc4c3F)c21. The van der Waals surface area contributed by atoms with Crippen LogP contribution in [0.2, 0.25) is 0 Å². The highest BCUT2D eigenvalue weighted by Crippen LogP contribution is 2.42.